The third-order valence-corrected chi connectivity index (χ3v) is 4.64. The molecule has 2 aromatic carbocycles. The van der Waals surface area contributed by atoms with Crippen LogP contribution in [-0.2, 0) is 14.8 Å². The van der Waals surface area contributed by atoms with Crippen LogP contribution in [0, 0.1) is 0 Å². The molecule has 1 aliphatic rings. The zero-order valence-electron chi connectivity index (χ0n) is 12.6. The van der Waals surface area contributed by atoms with Gasteiger partial charge in [-0.3, -0.25) is 4.79 Å². The summed E-state index contributed by atoms with van der Waals surface area (Å²) < 4.78 is 36.9. The maximum Gasteiger partial charge on any atom is 0.264 e. The second kappa shape index (κ2) is 6.76. The van der Waals surface area contributed by atoms with Gasteiger partial charge in [0.05, 0.1) is 4.90 Å². The van der Waals surface area contributed by atoms with Crippen molar-refractivity contribution in [1.82, 2.24) is 4.72 Å². The smallest absolute Gasteiger partial charge is 0.264 e. The molecule has 24 heavy (non-hydrogen) atoms. The molecule has 124 valence electrons. The minimum atomic E-state index is -3.87. The predicted molar refractivity (Wildman–Crippen MR) is 88.2 cm³/mol. The number of sulfonamides is 1. The summed E-state index contributed by atoms with van der Waals surface area (Å²) in [4.78, 5) is 11.9. The van der Waals surface area contributed by atoms with E-state index in [0.717, 1.165) is 6.08 Å². The van der Waals surface area contributed by atoms with Crippen LogP contribution in [0.5, 0.6) is 11.5 Å². The minimum Gasteiger partial charge on any atom is -0.486 e. The Bertz CT molecular complexity index is 875. The Kier molecular flexibility index (Phi) is 4.52. The lowest BCUT2D eigenvalue weighted by Gasteiger charge is -2.18. The van der Waals surface area contributed by atoms with Gasteiger partial charge in [0.1, 0.15) is 13.2 Å². The van der Waals surface area contributed by atoms with E-state index in [1.165, 1.54) is 18.2 Å². The number of fused-ring (bicyclic) bond motifs is 1. The number of carbonyl (C=O) groups is 1. The van der Waals surface area contributed by atoms with E-state index in [1.54, 1.807) is 36.4 Å². The molecule has 0 bridgehead atoms. The lowest BCUT2D eigenvalue weighted by Crippen LogP contribution is -2.28. The molecule has 3 rings (SSSR count). The van der Waals surface area contributed by atoms with Crippen LogP contribution >= 0.6 is 0 Å². The van der Waals surface area contributed by atoms with Crippen molar-refractivity contribution in [2.24, 2.45) is 0 Å². The molecule has 1 aliphatic heterocycles. The predicted octanol–water partition coefficient (Wildman–Crippen LogP) is 1.98. The van der Waals surface area contributed by atoms with Crippen molar-refractivity contribution in [3.8, 4) is 11.5 Å². The third kappa shape index (κ3) is 3.75. The molecule has 0 atom stereocenters. The lowest BCUT2D eigenvalue weighted by molar-refractivity contribution is -0.114. The molecular weight excluding hydrogens is 330 g/mol. The molecule has 1 N–H and O–H groups in total. The second-order valence-electron chi connectivity index (χ2n) is 5.02. The molecule has 6 nitrogen and oxygen atoms in total. The van der Waals surface area contributed by atoms with E-state index in [4.69, 9.17) is 9.47 Å². The Balaban J connectivity index is 1.70. The van der Waals surface area contributed by atoms with Gasteiger partial charge in [0.2, 0.25) is 0 Å². The summed E-state index contributed by atoms with van der Waals surface area (Å²) >= 11 is 0. The van der Waals surface area contributed by atoms with Crippen LogP contribution in [0.2, 0.25) is 0 Å². The van der Waals surface area contributed by atoms with Gasteiger partial charge in [-0.15, -0.1) is 0 Å². The molecule has 0 spiro atoms. The monoisotopic (exact) mass is 345 g/mol. The van der Waals surface area contributed by atoms with E-state index in [9.17, 15) is 13.2 Å². The van der Waals surface area contributed by atoms with Crippen LogP contribution in [0.3, 0.4) is 0 Å². The molecule has 2 aromatic rings. The first-order valence-electron chi connectivity index (χ1n) is 7.24. The molecule has 0 aromatic heterocycles. The highest BCUT2D eigenvalue weighted by Gasteiger charge is 2.15. The van der Waals surface area contributed by atoms with Crippen molar-refractivity contribution >= 4 is 22.0 Å². The molecule has 7 heteroatoms. The highest BCUT2D eigenvalue weighted by Crippen LogP contribution is 2.31. The van der Waals surface area contributed by atoms with Crippen LogP contribution in [-0.4, -0.2) is 27.5 Å². The van der Waals surface area contributed by atoms with Gasteiger partial charge >= 0.3 is 0 Å². The van der Waals surface area contributed by atoms with Gasteiger partial charge in [0.15, 0.2) is 11.5 Å². The van der Waals surface area contributed by atoms with Gasteiger partial charge in [-0.2, -0.15) is 0 Å². The van der Waals surface area contributed by atoms with Crippen LogP contribution in [0.4, 0.5) is 0 Å². The Hall–Kier alpha value is -2.80. The van der Waals surface area contributed by atoms with Gasteiger partial charge in [0, 0.05) is 6.08 Å². The standard InChI is InChI=1S/C17H15NO5S/c19-17(18-24(20,21)14-4-2-1-3-5-14)9-7-13-6-8-15-16(12-13)23-11-10-22-15/h1-9,12H,10-11H2,(H,18,19)/b9-7+. The van der Waals surface area contributed by atoms with Crippen molar-refractivity contribution in [2.75, 3.05) is 13.2 Å². The van der Waals surface area contributed by atoms with E-state index in [-0.39, 0.29) is 4.90 Å². The van der Waals surface area contributed by atoms with E-state index in [2.05, 4.69) is 0 Å². The topological polar surface area (TPSA) is 81.7 Å². The van der Waals surface area contributed by atoms with Gasteiger partial charge in [-0.25, -0.2) is 13.1 Å². The van der Waals surface area contributed by atoms with E-state index in [1.807, 2.05) is 4.72 Å². The zero-order chi connectivity index (χ0) is 17.0. The van der Waals surface area contributed by atoms with Crippen molar-refractivity contribution < 1.29 is 22.7 Å². The summed E-state index contributed by atoms with van der Waals surface area (Å²) in [5.74, 6) is 0.518. The first kappa shape index (κ1) is 16.1. The van der Waals surface area contributed by atoms with E-state index < -0.39 is 15.9 Å². The number of hydrogen-bond acceptors (Lipinski definition) is 5. The van der Waals surface area contributed by atoms with Gasteiger partial charge in [-0.05, 0) is 35.9 Å². The normalized spacial score (nSPS) is 13.7. The summed E-state index contributed by atoms with van der Waals surface area (Å²) in [6.07, 6.45) is 2.67. The van der Waals surface area contributed by atoms with E-state index >= 15 is 0 Å². The van der Waals surface area contributed by atoms with E-state index in [0.29, 0.717) is 30.3 Å². The Morgan fingerprint density at radius 1 is 1.00 bits per heavy atom. The molecule has 0 aliphatic carbocycles. The Morgan fingerprint density at radius 3 is 2.46 bits per heavy atom. The average molecular weight is 345 g/mol. The minimum absolute atomic E-state index is 0.0334. The third-order valence-electron chi connectivity index (χ3n) is 3.28. The van der Waals surface area contributed by atoms with Crippen LogP contribution < -0.4 is 14.2 Å². The molecule has 1 heterocycles. The van der Waals surface area contributed by atoms with Gasteiger partial charge in [-0.1, -0.05) is 24.3 Å². The number of amides is 1. The number of hydrogen-bond donors (Lipinski definition) is 1. The summed E-state index contributed by atoms with van der Waals surface area (Å²) in [6.45, 7) is 0.970. The fourth-order valence-corrected chi connectivity index (χ4v) is 3.13. The number of rotatable bonds is 4. The fourth-order valence-electron chi connectivity index (χ4n) is 2.16. The largest absolute Gasteiger partial charge is 0.486 e. The second-order valence-corrected chi connectivity index (χ2v) is 6.70. The quantitative estimate of drug-likeness (QED) is 0.857. The highest BCUT2D eigenvalue weighted by molar-refractivity contribution is 7.90. The molecule has 0 saturated carbocycles. The van der Waals surface area contributed by atoms with Crippen molar-refractivity contribution in [3.63, 3.8) is 0 Å². The average Bonchev–Trinajstić information content (AvgIpc) is 2.60. The summed E-state index contributed by atoms with van der Waals surface area (Å²) in [5, 5.41) is 0. The Labute approximate surface area is 139 Å². The number of ether oxygens (including phenoxy) is 2. The zero-order valence-corrected chi connectivity index (χ0v) is 13.5. The molecule has 0 fully saturated rings. The maximum atomic E-state index is 12.0. The molecule has 1 amide bonds. The molecular formula is C17H15NO5S. The van der Waals surface area contributed by atoms with Crippen LogP contribution in [0.25, 0.3) is 6.08 Å². The summed E-state index contributed by atoms with van der Waals surface area (Å²) in [6, 6.07) is 12.9. The number of benzene rings is 2. The Morgan fingerprint density at radius 2 is 1.71 bits per heavy atom. The summed E-state index contributed by atoms with van der Waals surface area (Å²) in [5.41, 5.74) is 0.700. The SMILES string of the molecule is O=C(/C=C/c1ccc2c(c1)OCCO2)NS(=O)(=O)c1ccccc1. The lowest BCUT2D eigenvalue weighted by atomic mass is 10.2. The first-order valence-corrected chi connectivity index (χ1v) is 8.72. The molecule has 0 radical (unpaired) electrons. The molecule has 0 unspecified atom stereocenters. The number of nitrogens with one attached hydrogen (secondary N) is 1. The van der Waals surface area contributed by atoms with Crippen molar-refractivity contribution in [3.05, 3.63) is 60.2 Å². The van der Waals surface area contributed by atoms with Crippen molar-refractivity contribution in [2.45, 2.75) is 4.90 Å². The number of carbonyl (C=O) groups excluding carboxylic acids is 1. The maximum absolute atomic E-state index is 12.0. The highest BCUT2D eigenvalue weighted by atomic mass is 32.2. The molecule has 0 saturated heterocycles. The van der Waals surface area contributed by atoms with Crippen LogP contribution in [0.15, 0.2) is 59.5 Å². The van der Waals surface area contributed by atoms with Gasteiger partial charge < -0.3 is 9.47 Å². The van der Waals surface area contributed by atoms with Crippen LogP contribution in [0.1, 0.15) is 5.56 Å². The van der Waals surface area contributed by atoms with Crippen molar-refractivity contribution in [1.29, 1.82) is 0 Å². The fraction of sp³-hybridized carbons (Fsp3) is 0.118. The first-order chi connectivity index (χ1) is 11.5. The van der Waals surface area contributed by atoms with Gasteiger partial charge in [0.25, 0.3) is 15.9 Å². The summed E-state index contributed by atoms with van der Waals surface area (Å²) in [7, 11) is -3.87.